The molecule has 0 aromatic rings. The summed E-state index contributed by atoms with van der Waals surface area (Å²) in [5.41, 5.74) is 2.50. The van der Waals surface area contributed by atoms with Gasteiger partial charge in [-0.3, -0.25) is 15.2 Å². The second-order valence-corrected chi connectivity index (χ2v) is 4.60. The Balaban J connectivity index is 2.15. The molecule has 0 saturated carbocycles. The first-order valence-corrected chi connectivity index (χ1v) is 7.46. The molecule has 0 bridgehead atoms. The molecular weight excluding hydrogens is 274 g/mol. The van der Waals surface area contributed by atoms with Crippen LogP contribution in [-0.2, 0) is 14.3 Å². The first kappa shape index (κ1) is 17.7. The van der Waals surface area contributed by atoms with Crippen LogP contribution in [0.2, 0.25) is 0 Å². The summed E-state index contributed by atoms with van der Waals surface area (Å²) in [5.74, 6) is 6.01. The number of hydrazine groups is 1. The topological polar surface area (TPSA) is 101 Å². The van der Waals surface area contributed by atoms with E-state index >= 15 is 0 Å². The molecule has 0 spiro atoms. The summed E-state index contributed by atoms with van der Waals surface area (Å²) in [4.78, 5) is 18.0. The highest BCUT2D eigenvalue weighted by Gasteiger charge is 2.16. The molecule has 1 heterocycles. The van der Waals surface area contributed by atoms with E-state index < -0.39 is 0 Å². The van der Waals surface area contributed by atoms with Gasteiger partial charge in [-0.05, 0) is 13.3 Å². The Kier molecular flexibility index (Phi) is 9.51. The first-order valence-electron chi connectivity index (χ1n) is 7.46. The largest absolute Gasteiger partial charge is 0.382 e. The fourth-order valence-corrected chi connectivity index (χ4v) is 1.91. The molecule has 0 unspecified atom stereocenters. The van der Waals surface area contributed by atoms with Crippen LogP contribution in [0.25, 0.3) is 0 Å². The van der Waals surface area contributed by atoms with Gasteiger partial charge in [0, 0.05) is 45.8 Å². The molecule has 1 rings (SSSR count). The zero-order valence-corrected chi connectivity index (χ0v) is 12.8. The summed E-state index contributed by atoms with van der Waals surface area (Å²) >= 11 is 0. The highest BCUT2D eigenvalue weighted by atomic mass is 16.5. The van der Waals surface area contributed by atoms with E-state index in [0.29, 0.717) is 65.0 Å². The SMILES string of the molecule is CCOCCCN=C(NN)NCCC(=O)N1CCOCC1. The molecule has 1 saturated heterocycles. The summed E-state index contributed by atoms with van der Waals surface area (Å²) < 4.78 is 10.4. The van der Waals surface area contributed by atoms with Crippen LogP contribution >= 0.6 is 0 Å². The second kappa shape index (κ2) is 11.3. The minimum Gasteiger partial charge on any atom is -0.382 e. The quantitative estimate of drug-likeness (QED) is 0.176. The lowest BCUT2D eigenvalue weighted by molar-refractivity contribution is -0.135. The van der Waals surface area contributed by atoms with Crippen LogP contribution in [0, 0.1) is 0 Å². The number of nitrogens with one attached hydrogen (secondary N) is 2. The number of nitrogens with zero attached hydrogens (tertiary/aromatic N) is 2. The van der Waals surface area contributed by atoms with Gasteiger partial charge in [-0.2, -0.15) is 0 Å². The van der Waals surface area contributed by atoms with Crippen LogP contribution < -0.4 is 16.6 Å². The number of rotatable bonds is 8. The van der Waals surface area contributed by atoms with Crippen molar-refractivity contribution >= 4 is 11.9 Å². The van der Waals surface area contributed by atoms with Crippen LogP contribution in [0.1, 0.15) is 19.8 Å². The Morgan fingerprint density at radius 3 is 2.86 bits per heavy atom. The molecule has 0 atom stereocenters. The van der Waals surface area contributed by atoms with Crippen LogP contribution in [-0.4, -0.2) is 69.4 Å². The van der Waals surface area contributed by atoms with Gasteiger partial charge in [-0.1, -0.05) is 0 Å². The van der Waals surface area contributed by atoms with Gasteiger partial charge in [0.1, 0.15) is 0 Å². The summed E-state index contributed by atoms with van der Waals surface area (Å²) in [6, 6.07) is 0. The Hall–Kier alpha value is -1.38. The molecule has 8 nitrogen and oxygen atoms in total. The number of morpholine rings is 1. The van der Waals surface area contributed by atoms with E-state index in [1.54, 1.807) is 0 Å². The Morgan fingerprint density at radius 1 is 1.43 bits per heavy atom. The minimum atomic E-state index is 0.124. The summed E-state index contributed by atoms with van der Waals surface area (Å²) in [7, 11) is 0. The van der Waals surface area contributed by atoms with Gasteiger partial charge in [0.25, 0.3) is 0 Å². The van der Waals surface area contributed by atoms with Gasteiger partial charge >= 0.3 is 0 Å². The number of nitrogens with two attached hydrogens (primary N) is 1. The molecule has 8 heteroatoms. The van der Waals surface area contributed by atoms with E-state index in [2.05, 4.69) is 15.7 Å². The number of hydrogen-bond donors (Lipinski definition) is 3. The molecule has 122 valence electrons. The van der Waals surface area contributed by atoms with E-state index in [1.807, 2.05) is 11.8 Å². The van der Waals surface area contributed by atoms with Crippen molar-refractivity contribution in [1.82, 2.24) is 15.6 Å². The Bertz CT molecular complexity index is 319. The van der Waals surface area contributed by atoms with Gasteiger partial charge in [-0.15, -0.1) is 0 Å². The fourth-order valence-electron chi connectivity index (χ4n) is 1.91. The van der Waals surface area contributed by atoms with Gasteiger partial charge in [-0.25, -0.2) is 5.84 Å². The van der Waals surface area contributed by atoms with Gasteiger partial charge < -0.3 is 19.7 Å². The lowest BCUT2D eigenvalue weighted by Gasteiger charge is -2.26. The van der Waals surface area contributed by atoms with Crippen LogP contribution in [0.4, 0.5) is 0 Å². The van der Waals surface area contributed by atoms with E-state index in [9.17, 15) is 4.79 Å². The molecule has 4 N–H and O–H groups in total. The average Bonchev–Trinajstić information content (AvgIpc) is 2.53. The maximum absolute atomic E-state index is 11.9. The standard InChI is InChI=1S/C13H27N5O3/c1-2-20-9-3-5-15-13(17-14)16-6-4-12(19)18-7-10-21-11-8-18/h2-11,14H2,1H3,(H2,15,16,17). The Morgan fingerprint density at radius 2 is 2.19 bits per heavy atom. The molecule has 1 fully saturated rings. The number of aliphatic imine (C=N–C) groups is 1. The second-order valence-electron chi connectivity index (χ2n) is 4.60. The molecule has 1 aliphatic heterocycles. The molecule has 1 aliphatic rings. The fraction of sp³-hybridized carbons (Fsp3) is 0.846. The van der Waals surface area contributed by atoms with Crippen molar-refractivity contribution in [2.75, 3.05) is 52.6 Å². The summed E-state index contributed by atoms with van der Waals surface area (Å²) in [5, 5.41) is 3.02. The van der Waals surface area contributed by atoms with E-state index in [-0.39, 0.29) is 5.91 Å². The predicted octanol–water partition coefficient (Wildman–Crippen LogP) is -0.929. The van der Waals surface area contributed by atoms with E-state index in [1.165, 1.54) is 0 Å². The van der Waals surface area contributed by atoms with Gasteiger partial charge in [0.05, 0.1) is 13.2 Å². The number of guanidine groups is 1. The molecule has 0 aliphatic carbocycles. The van der Waals surface area contributed by atoms with Crippen molar-refractivity contribution in [3.8, 4) is 0 Å². The lowest BCUT2D eigenvalue weighted by Crippen LogP contribution is -2.45. The van der Waals surface area contributed by atoms with Crippen LogP contribution in [0.5, 0.6) is 0 Å². The molecular formula is C13H27N5O3. The lowest BCUT2D eigenvalue weighted by atomic mass is 10.3. The maximum atomic E-state index is 11.9. The summed E-state index contributed by atoms with van der Waals surface area (Å²) in [6.07, 6.45) is 1.26. The van der Waals surface area contributed by atoms with Crippen molar-refractivity contribution in [2.24, 2.45) is 10.8 Å². The van der Waals surface area contributed by atoms with Crippen molar-refractivity contribution in [2.45, 2.75) is 19.8 Å². The molecule has 0 aromatic carbocycles. The average molecular weight is 301 g/mol. The maximum Gasteiger partial charge on any atom is 0.224 e. The van der Waals surface area contributed by atoms with Gasteiger partial charge in [0.2, 0.25) is 11.9 Å². The Labute approximate surface area is 126 Å². The first-order chi connectivity index (χ1) is 10.3. The number of amides is 1. The monoisotopic (exact) mass is 301 g/mol. The highest BCUT2D eigenvalue weighted by molar-refractivity contribution is 5.80. The molecule has 1 amide bonds. The summed E-state index contributed by atoms with van der Waals surface area (Å²) in [6.45, 7) is 7.09. The molecule has 0 aromatic heterocycles. The smallest absolute Gasteiger partial charge is 0.224 e. The third-order valence-electron chi connectivity index (χ3n) is 3.05. The van der Waals surface area contributed by atoms with Crippen LogP contribution in [0.3, 0.4) is 0 Å². The van der Waals surface area contributed by atoms with E-state index in [4.69, 9.17) is 15.3 Å². The number of carbonyl (C=O) groups is 1. The number of ether oxygens (including phenoxy) is 2. The van der Waals surface area contributed by atoms with E-state index in [0.717, 1.165) is 6.42 Å². The number of carbonyl (C=O) groups excluding carboxylic acids is 1. The zero-order valence-electron chi connectivity index (χ0n) is 12.8. The third kappa shape index (κ3) is 7.84. The normalized spacial score (nSPS) is 15.9. The number of hydrogen-bond acceptors (Lipinski definition) is 5. The van der Waals surface area contributed by atoms with Crippen LogP contribution in [0.15, 0.2) is 4.99 Å². The molecule has 21 heavy (non-hydrogen) atoms. The van der Waals surface area contributed by atoms with Gasteiger partial charge in [0.15, 0.2) is 0 Å². The predicted molar refractivity (Wildman–Crippen MR) is 80.8 cm³/mol. The third-order valence-corrected chi connectivity index (χ3v) is 3.05. The van der Waals surface area contributed by atoms with Crippen molar-refractivity contribution in [3.63, 3.8) is 0 Å². The highest BCUT2D eigenvalue weighted by Crippen LogP contribution is 1.99. The van der Waals surface area contributed by atoms with Crippen molar-refractivity contribution < 1.29 is 14.3 Å². The molecule has 0 radical (unpaired) electrons. The van der Waals surface area contributed by atoms with Crippen molar-refractivity contribution in [3.05, 3.63) is 0 Å². The zero-order chi connectivity index (χ0) is 15.3. The minimum absolute atomic E-state index is 0.124. The van der Waals surface area contributed by atoms with Crippen molar-refractivity contribution in [1.29, 1.82) is 0 Å².